The Hall–Kier alpha value is -4.18. The second-order valence-electron chi connectivity index (χ2n) is 11.5. The number of aliphatic hydroxyl groups is 1. The van der Waals surface area contributed by atoms with E-state index in [9.17, 15) is 9.90 Å². The van der Waals surface area contributed by atoms with Gasteiger partial charge in [-0.1, -0.05) is 55.5 Å². The number of hydrogen-bond donors (Lipinski definition) is 1. The van der Waals surface area contributed by atoms with Gasteiger partial charge in [-0.3, -0.25) is 4.68 Å². The van der Waals surface area contributed by atoms with Gasteiger partial charge in [-0.05, 0) is 86.3 Å². The topological polar surface area (TPSA) is 114 Å². The Morgan fingerprint density at radius 1 is 0.955 bits per heavy atom. The Bertz CT molecular complexity index is 1500. The van der Waals surface area contributed by atoms with Gasteiger partial charge < -0.3 is 19.3 Å². The van der Waals surface area contributed by atoms with Crippen molar-refractivity contribution in [3.05, 3.63) is 77.6 Å². The zero-order valence-corrected chi connectivity index (χ0v) is 26.1. The molecule has 1 saturated carbocycles. The number of aromatic nitrogens is 5. The van der Waals surface area contributed by atoms with E-state index in [1.807, 2.05) is 48.9 Å². The zero-order chi connectivity index (χ0) is 31.1. The first-order valence-electron chi connectivity index (χ1n) is 15.6. The van der Waals surface area contributed by atoms with E-state index in [2.05, 4.69) is 39.7 Å². The first-order valence-corrected chi connectivity index (χ1v) is 15.6. The Balaban J connectivity index is 1.24. The van der Waals surface area contributed by atoms with Crippen LogP contribution in [-0.4, -0.2) is 61.3 Å². The highest BCUT2D eigenvalue weighted by Crippen LogP contribution is 2.36. The Morgan fingerprint density at radius 3 is 2.30 bits per heavy atom. The van der Waals surface area contributed by atoms with E-state index in [0.717, 1.165) is 48.3 Å². The molecule has 0 amide bonds. The summed E-state index contributed by atoms with van der Waals surface area (Å²) in [5.41, 5.74) is 3.72. The first-order chi connectivity index (χ1) is 21.4. The minimum atomic E-state index is -0.762. The molecule has 1 N–H and O–H groups in total. The molecule has 1 fully saturated rings. The molecular weight excluding hydrogens is 558 g/mol. The number of hydrogen-bond acceptors (Lipinski definition) is 8. The van der Waals surface area contributed by atoms with Crippen molar-refractivity contribution in [3.63, 3.8) is 0 Å². The maximum atomic E-state index is 12.7. The summed E-state index contributed by atoms with van der Waals surface area (Å²) in [7, 11) is 1.63. The fraction of sp³-hybridized carbons (Fsp3) is 0.471. The molecule has 10 heteroatoms. The fourth-order valence-corrected chi connectivity index (χ4v) is 5.81. The van der Waals surface area contributed by atoms with Crippen LogP contribution in [0, 0.1) is 0 Å². The maximum Gasteiger partial charge on any atom is 0.364 e. The van der Waals surface area contributed by atoms with Crippen molar-refractivity contribution in [2.75, 3.05) is 13.7 Å². The van der Waals surface area contributed by atoms with E-state index >= 15 is 0 Å². The van der Waals surface area contributed by atoms with E-state index in [0.29, 0.717) is 37.7 Å². The highest BCUT2D eigenvalue weighted by molar-refractivity contribution is 5.89. The average Bonchev–Trinajstić information content (AvgIpc) is 3.68. The average molecular weight is 602 g/mol. The van der Waals surface area contributed by atoms with Gasteiger partial charge in [0, 0.05) is 6.20 Å². The molecular formula is C34H43N5O5. The van der Waals surface area contributed by atoms with Crippen molar-refractivity contribution in [1.82, 2.24) is 24.8 Å². The fourth-order valence-electron chi connectivity index (χ4n) is 5.81. The molecule has 0 unspecified atom stereocenters. The van der Waals surface area contributed by atoms with Crippen LogP contribution in [0.4, 0.5) is 0 Å². The van der Waals surface area contributed by atoms with E-state index in [-0.39, 0.29) is 18.4 Å². The van der Waals surface area contributed by atoms with Crippen LogP contribution in [0.15, 0.2) is 60.8 Å². The van der Waals surface area contributed by atoms with Crippen molar-refractivity contribution in [2.24, 2.45) is 0 Å². The van der Waals surface area contributed by atoms with Crippen molar-refractivity contribution in [3.8, 4) is 22.9 Å². The molecule has 2 aromatic heterocycles. The predicted octanol–water partition coefficient (Wildman–Crippen LogP) is 6.03. The van der Waals surface area contributed by atoms with Gasteiger partial charge in [0.15, 0.2) is 0 Å². The van der Waals surface area contributed by atoms with Crippen LogP contribution in [0.1, 0.15) is 86.8 Å². The van der Waals surface area contributed by atoms with Gasteiger partial charge in [0.25, 0.3) is 0 Å². The van der Waals surface area contributed by atoms with Crippen LogP contribution in [0.5, 0.6) is 11.6 Å². The van der Waals surface area contributed by atoms with Crippen LogP contribution < -0.4 is 9.47 Å². The number of esters is 1. The predicted molar refractivity (Wildman–Crippen MR) is 167 cm³/mol. The normalized spacial score (nSPS) is 16.9. The van der Waals surface area contributed by atoms with E-state index in [4.69, 9.17) is 14.2 Å². The molecule has 0 spiro atoms. The van der Waals surface area contributed by atoms with Crippen LogP contribution in [0.25, 0.3) is 11.3 Å². The third-order valence-corrected chi connectivity index (χ3v) is 8.76. The summed E-state index contributed by atoms with van der Waals surface area (Å²) in [5, 5.41) is 23.7. The SMILES string of the molecule is CCOC(=O)c1nnn(Cc2ccc(OC)cc2)c1O[C@H]1CC[C@H](c2ccc(-c3ccnn3CC(O)(CC)CC)cc2)CC1. The molecule has 44 heavy (non-hydrogen) atoms. The van der Waals surface area contributed by atoms with Crippen LogP contribution in [0.3, 0.4) is 0 Å². The Labute approximate surface area is 258 Å². The second-order valence-corrected chi connectivity index (χ2v) is 11.5. The summed E-state index contributed by atoms with van der Waals surface area (Å²) in [6.07, 6.45) is 6.73. The molecule has 0 aliphatic heterocycles. The maximum absolute atomic E-state index is 12.7. The summed E-state index contributed by atoms with van der Waals surface area (Å²) < 4.78 is 20.5. The van der Waals surface area contributed by atoms with Crippen molar-refractivity contribution < 1.29 is 24.1 Å². The molecule has 1 aliphatic rings. The highest BCUT2D eigenvalue weighted by atomic mass is 16.5. The number of benzene rings is 2. The quantitative estimate of drug-likeness (QED) is 0.185. The van der Waals surface area contributed by atoms with Gasteiger partial charge in [-0.2, -0.15) is 5.10 Å². The minimum absolute atomic E-state index is 0.0583. The molecule has 1 aliphatic carbocycles. The van der Waals surface area contributed by atoms with Gasteiger partial charge in [-0.15, -0.1) is 5.10 Å². The summed E-state index contributed by atoms with van der Waals surface area (Å²) in [5.74, 6) is 1.01. The minimum Gasteiger partial charge on any atom is -0.497 e. The van der Waals surface area contributed by atoms with Crippen molar-refractivity contribution in [2.45, 2.75) is 90.0 Å². The lowest BCUT2D eigenvalue weighted by molar-refractivity contribution is 0.0123. The molecule has 2 aromatic carbocycles. The summed E-state index contributed by atoms with van der Waals surface area (Å²) in [4.78, 5) is 12.7. The van der Waals surface area contributed by atoms with Gasteiger partial charge in [0.05, 0.1) is 38.1 Å². The lowest BCUT2D eigenvalue weighted by Gasteiger charge is -2.29. The molecule has 234 valence electrons. The van der Waals surface area contributed by atoms with Crippen molar-refractivity contribution in [1.29, 1.82) is 0 Å². The van der Waals surface area contributed by atoms with Crippen LogP contribution >= 0.6 is 0 Å². The van der Waals surface area contributed by atoms with E-state index in [1.165, 1.54) is 5.56 Å². The van der Waals surface area contributed by atoms with E-state index < -0.39 is 11.6 Å². The molecule has 0 atom stereocenters. The largest absolute Gasteiger partial charge is 0.497 e. The highest BCUT2D eigenvalue weighted by Gasteiger charge is 2.29. The second kappa shape index (κ2) is 14.1. The number of carbonyl (C=O) groups excluding carboxylic acids is 1. The van der Waals surface area contributed by atoms with Gasteiger partial charge in [-0.25, -0.2) is 9.48 Å². The third kappa shape index (κ3) is 7.13. The van der Waals surface area contributed by atoms with Gasteiger partial charge in [0.2, 0.25) is 11.6 Å². The van der Waals surface area contributed by atoms with E-state index in [1.54, 1.807) is 24.9 Å². The smallest absolute Gasteiger partial charge is 0.364 e. The number of rotatable bonds is 13. The number of nitrogens with zero attached hydrogens (tertiary/aromatic N) is 5. The van der Waals surface area contributed by atoms with Crippen LogP contribution in [-0.2, 0) is 17.8 Å². The molecule has 10 nitrogen and oxygen atoms in total. The third-order valence-electron chi connectivity index (χ3n) is 8.76. The zero-order valence-electron chi connectivity index (χ0n) is 26.1. The number of methoxy groups -OCH3 is 1. The molecule has 5 rings (SSSR count). The molecule has 0 saturated heterocycles. The molecule has 0 bridgehead atoms. The monoisotopic (exact) mass is 601 g/mol. The van der Waals surface area contributed by atoms with Crippen LogP contribution in [0.2, 0.25) is 0 Å². The number of ether oxygens (including phenoxy) is 3. The standard InChI is InChI=1S/C34H43N5O5/c1-5-34(41,6-2)23-39-30(20-21-35-39)27-12-10-25(11-13-27)26-14-18-29(19-15-26)44-32-31(33(40)43-7-3)36-37-38(32)22-24-8-16-28(42-4)17-9-24/h8-13,16-17,20-21,26,29,41H,5-7,14-15,18-19,22-23H2,1-4H3/t26-,29-. The first kappa shape index (κ1) is 31.3. The van der Waals surface area contributed by atoms with Crippen molar-refractivity contribution >= 4 is 5.97 Å². The Morgan fingerprint density at radius 2 is 1.66 bits per heavy atom. The van der Waals surface area contributed by atoms with Gasteiger partial charge in [0.1, 0.15) is 11.9 Å². The molecule has 2 heterocycles. The Kier molecular flexibility index (Phi) is 9.99. The summed E-state index contributed by atoms with van der Waals surface area (Å²) >= 11 is 0. The number of carbonyl (C=O) groups is 1. The van der Waals surface area contributed by atoms with Gasteiger partial charge >= 0.3 is 5.97 Å². The molecule has 4 aromatic rings. The lowest BCUT2D eigenvalue weighted by atomic mass is 9.82. The summed E-state index contributed by atoms with van der Waals surface area (Å²) in [6.45, 7) is 6.91. The lowest BCUT2D eigenvalue weighted by Crippen LogP contribution is -2.33. The summed E-state index contributed by atoms with van der Waals surface area (Å²) in [6, 6.07) is 18.4. The molecule has 0 radical (unpaired) electrons.